The van der Waals surface area contributed by atoms with Crippen molar-refractivity contribution in [1.82, 2.24) is 0 Å². The maximum atomic E-state index is 12.4. The summed E-state index contributed by atoms with van der Waals surface area (Å²) in [4.78, 5) is 23.4. The van der Waals surface area contributed by atoms with E-state index < -0.39 is 5.97 Å². The molecule has 3 N–H and O–H groups in total. The monoisotopic (exact) mass is 333 g/mol. The first kappa shape index (κ1) is 14.3. The first-order chi connectivity index (χ1) is 9.49. The van der Waals surface area contributed by atoms with E-state index in [1.54, 1.807) is 42.5 Å². The van der Waals surface area contributed by atoms with E-state index in [0.29, 0.717) is 22.4 Å². The molecular formula is C15H12BrNO3. The summed E-state index contributed by atoms with van der Waals surface area (Å²) < 4.78 is 0.868. The van der Waals surface area contributed by atoms with Crippen molar-refractivity contribution in [2.75, 3.05) is 5.73 Å². The highest BCUT2D eigenvalue weighted by Crippen LogP contribution is 2.22. The molecule has 2 rings (SSSR count). The normalized spacial score (nSPS) is 10.2. The minimum Gasteiger partial charge on any atom is -0.481 e. The fourth-order valence-corrected chi connectivity index (χ4v) is 2.19. The van der Waals surface area contributed by atoms with Crippen LogP contribution in [-0.2, 0) is 11.2 Å². The molecule has 5 heteroatoms. The van der Waals surface area contributed by atoms with Crippen molar-refractivity contribution < 1.29 is 14.7 Å². The van der Waals surface area contributed by atoms with E-state index in [-0.39, 0.29) is 12.2 Å². The summed E-state index contributed by atoms with van der Waals surface area (Å²) in [6.07, 6.45) is -0.274. The van der Waals surface area contributed by atoms with Crippen LogP contribution in [0, 0.1) is 0 Å². The van der Waals surface area contributed by atoms with Gasteiger partial charge in [0.15, 0.2) is 5.78 Å². The number of carbonyl (C=O) groups excluding carboxylic acids is 1. The summed E-state index contributed by atoms with van der Waals surface area (Å²) in [6, 6.07) is 11.7. The van der Waals surface area contributed by atoms with E-state index in [1.807, 2.05) is 0 Å². The standard InChI is InChI=1S/C15H12BrNO3/c16-10-6-4-9(5-7-10)15(20)11-2-1-3-13(17)12(11)8-14(18)19/h1-7H,8,17H2,(H,18,19). The van der Waals surface area contributed by atoms with Crippen molar-refractivity contribution in [2.45, 2.75) is 6.42 Å². The molecule has 0 fully saturated rings. The molecule has 0 aliphatic heterocycles. The number of hydrogen-bond donors (Lipinski definition) is 2. The Labute approximate surface area is 124 Å². The van der Waals surface area contributed by atoms with Crippen LogP contribution in [0.2, 0.25) is 0 Å². The molecule has 0 radical (unpaired) electrons. The van der Waals surface area contributed by atoms with Gasteiger partial charge in [-0.2, -0.15) is 0 Å². The number of halogens is 1. The number of aliphatic carboxylic acids is 1. The van der Waals surface area contributed by atoms with Crippen molar-refractivity contribution >= 4 is 33.4 Å². The first-order valence-corrected chi connectivity index (χ1v) is 6.68. The number of nitrogens with two attached hydrogens (primary N) is 1. The molecule has 0 amide bonds. The van der Waals surface area contributed by atoms with Crippen LogP contribution in [0.1, 0.15) is 21.5 Å². The lowest BCUT2D eigenvalue weighted by Gasteiger charge is -2.10. The summed E-state index contributed by atoms with van der Waals surface area (Å²) >= 11 is 3.30. The van der Waals surface area contributed by atoms with Crippen LogP contribution < -0.4 is 5.73 Å². The average Bonchev–Trinajstić information content (AvgIpc) is 2.41. The van der Waals surface area contributed by atoms with Crippen LogP contribution >= 0.6 is 15.9 Å². The number of hydrogen-bond acceptors (Lipinski definition) is 3. The van der Waals surface area contributed by atoms with Crippen LogP contribution in [-0.4, -0.2) is 16.9 Å². The summed E-state index contributed by atoms with van der Waals surface area (Å²) in [5.74, 6) is -1.26. The van der Waals surface area contributed by atoms with Gasteiger partial charge in [0.1, 0.15) is 0 Å². The van der Waals surface area contributed by atoms with Crippen molar-refractivity contribution in [3.05, 3.63) is 63.6 Å². The Morgan fingerprint density at radius 3 is 2.35 bits per heavy atom. The Hall–Kier alpha value is -2.14. The van der Waals surface area contributed by atoms with Gasteiger partial charge in [-0.15, -0.1) is 0 Å². The van der Waals surface area contributed by atoms with Gasteiger partial charge in [-0.25, -0.2) is 0 Å². The summed E-state index contributed by atoms with van der Waals surface area (Å²) in [5, 5.41) is 8.93. The number of anilines is 1. The van der Waals surface area contributed by atoms with Crippen LogP contribution in [0.4, 0.5) is 5.69 Å². The fourth-order valence-electron chi connectivity index (χ4n) is 1.92. The van der Waals surface area contributed by atoms with Crippen LogP contribution in [0.5, 0.6) is 0 Å². The van der Waals surface area contributed by atoms with Gasteiger partial charge in [-0.3, -0.25) is 9.59 Å². The first-order valence-electron chi connectivity index (χ1n) is 5.88. The lowest BCUT2D eigenvalue weighted by Crippen LogP contribution is -2.11. The fraction of sp³-hybridized carbons (Fsp3) is 0.0667. The third kappa shape index (κ3) is 3.05. The van der Waals surface area contributed by atoms with Gasteiger partial charge in [-0.05, 0) is 35.9 Å². The molecule has 0 aliphatic rings. The van der Waals surface area contributed by atoms with Crippen molar-refractivity contribution in [3.8, 4) is 0 Å². The highest BCUT2D eigenvalue weighted by atomic mass is 79.9. The smallest absolute Gasteiger partial charge is 0.307 e. The summed E-state index contributed by atoms with van der Waals surface area (Å²) in [7, 11) is 0. The molecule has 0 aliphatic carbocycles. The number of benzene rings is 2. The van der Waals surface area contributed by atoms with Gasteiger partial charge >= 0.3 is 5.97 Å². The molecule has 0 aromatic heterocycles. The van der Waals surface area contributed by atoms with Gasteiger partial charge in [0.2, 0.25) is 0 Å². The van der Waals surface area contributed by atoms with Gasteiger partial charge < -0.3 is 10.8 Å². The molecule has 0 spiro atoms. The third-order valence-corrected chi connectivity index (χ3v) is 3.42. The minimum absolute atomic E-state index is 0.235. The Bertz CT molecular complexity index is 665. The largest absolute Gasteiger partial charge is 0.481 e. The molecule has 20 heavy (non-hydrogen) atoms. The number of nitrogen functional groups attached to an aromatic ring is 1. The zero-order valence-electron chi connectivity index (χ0n) is 10.5. The second-order valence-electron chi connectivity index (χ2n) is 4.28. The van der Waals surface area contributed by atoms with Crippen molar-refractivity contribution in [3.63, 3.8) is 0 Å². The predicted molar refractivity (Wildman–Crippen MR) is 79.8 cm³/mol. The molecule has 102 valence electrons. The maximum Gasteiger partial charge on any atom is 0.307 e. The van der Waals surface area contributed by atoms with Gasteiger partial charge in [0, 0.05) is 21.3 Å². The average molecular weight is 334 g/mol. The number of carboxylic acids is 1. The Morgan fingerprint density at radius 2 is 1.75 bits per heavy atom. The lowest BCUT2D eigenvalue weighted by atomic mass is 9.95. The van der Waals surface area contributed by atoms with Gasteiger partial charge in [0.25, 0.3) is 0 Å². The predicted octanol–water partition coefficient (Wildman–Crippen LogP) is 2.89. The quantitative estimate of drug-likeness (QED) is 0.665. The van der Waals surface area contributed by atoms with Gasteiger partial charge in [-0.1, -0.05) is 28.1 Å². The molecule has 0 saturated carbocycles. The summed E-state index contributed by atoms with van der Waals surface area (Å²) in [5.41, 5.74) is 7.28. The zero-order chi connectivity index (χ0) is 14.7. The zero-order valence-corrected chi connectivity index (χ0v) is 12.1. The van der Waals surface area contributed by atoms with Crippen molar-refractivity contribution in [1.29, 1.82) is 0 Å². The molecule has 0 atom stereocenters. The molecule has 2 aromatic rings. The molecular weight excluding hydrogens is 322 g/mol. The van der Waals surface area contributed by atoms with E-state index >= 15 is 0 Å². The Balaban J connectivity index is 2.46. The highest BCUT2D eigenvalue weighted by molar-refractivity contribution is 9.10. The maximum absolute atomic E-state index is 12.4. The molecule has 0 heterocycles. The van der Waals surface area contributed by atoms with Crippen LogP contribution in [0.3, 0.4) is 0 Å². The van der Waals surface area contributed by atoms with E-state index in [2.05, 4.69) is 15.9 Å². The number of carboxylic acid groups (broad SMARTS) is 1. The van der Waals surface area contributed by atoms with E-state index in [0.717, 1.165) is 4.47 Å². The van der Waals surface area contributed by atoms with Gasteiger partial charge in [0.05, 0.1) is 6.42 Å². The molecule has 0 saturated heterocycles. The van der Waals surface area contributed by atoms with E-state index in [1.165, 1.54) is 0 Å². The van der Waals surface area contributed by atoms with Crippen LogP contribution in [0.25, 0.3) is 0 Å². The number of carbonyl (C=O) groups is 2. The summed E-state index contributed by atoms with van der Waals surface area (Å²) in [6.45, 7) is 0. The lowest BCUT2D eigenvalue weighted by molar-refractivity contribution is -0.136. The molecule has 4 nitrogen and oxygen atoms in total. The SMILES string of the molecule is Nc1cccc(C(=O)c2ccc(Br)cc2)c1CC(=O)O. The van der Waals surface area contributed by atoms with E-state index in [4.69, 9.17) is 10.8 Å². The molecule has 0 bridgehead atoms. The highest BCUT2D eigenvalue weighted by Gasteiger charge is 2.17. The molecule has 0 unspecified atom stereocenters. The molecule has 2 aromatic carbocycles. The number of rotatable bonds is 4. The number of ketones is 1. The van der Waals surface area contributed by atoms with E-state index in [9.17, 15) is 9.59 Å². The minimum atomic E-state index is -1.02. The second kappa shape index (κ2) is 5.88. The third-order valence-electron chi connectivity index (χ3n) is 2.89. The van der Waals surface area contributed by atoms with Crippen molar-refractivity contribution in [2.24, 2.45) is 0 Å². The topological polar surface area (TPSA) is 80.4 Å². The van der Waals surface area contributed by atoms with Crippen LogP contribution in [0.15, 0.2) is 46.9 Å². The Kier molecular flexibility index (Phi) is 4.20. The second-order valence-corrected chi connectivity index (χ2v) is 5.20. The Morgan fingerprint density at radius 1 is 1.10 bits per heavy atom.